The maximum Gasteiger partial charge on any atom is 0.434 e. The maximum atomic E-state index is 13.5. The highest BCUT2D eigenvalue weighted by atomic mass is 32.1. The summed E-state index contributed by atoms with van der Waals surface area (Å²) in [5.74, 6) is 0.706. The van der Waals surface area contributed by atoms with Crippen LogP contribution in [0.15, 0.2) is 35.1 Å². The van der Waals surface area contributed by atoms with Crippen LogP contribution in [0.2, 0.25) is 0 Å². The molecule has 2 amide bonds. The van der Waals surface area contributed by atoms with Gasteiger partial charge in [-0.2, -0.15) is 13.2 Å². The lowest BCUT2D eigenvalue weighted by Crippen LogP contribution is -2.28. The van der Waals surface area contributed by atoms with E-state index in [1.807, 2.05) is 0 Å². The van der Waals surface area contributed by atoms with Gasteiger partial charge in [0, 0.05) is 46.7 Å². The number of carbonyl (C=O) groups excluding carboxylic acids is 1. The molecule has 0 saturated heterocycles. The summed E-state index contributed by atoms with van der Waals surface area (Å²) in [5.41, 5.74) is 6.40. The fourth-order valence-electron chi connectivity index (χ4n) is 3.62. The molecule has 1 aliphatic carbocycles. The summed E-state index contributed by atoms with van der Waals surface area (Å²) in [6.07, 6.45) is 1.42. The first-order valence-corrected chi connectivity index (χ1v) is 12.1. The Balaban J connectivity index is 1.58. The zero-order valence-electron chi connectivity index (χ0n) is 19.7. The summed E-state index contributed by atoms with van der Waals surface area (Å²) in [7, 11) is 0. The molecule has 1 aliphatic rings. The van der Waals surface area contributed by atoms with Crippen molar-refractivity contribution < 1.29 is 22.4 Å². The Morgan fingerprint density at radius 3 is 2.59 bits per heavy atom. The van der Waals surface area contributed by atoms with E-state index in [1.54, 1.807) is 13.0 Å². The number of alkyl halides is 3. The number of halogens is 3. The fraction of sp³-hybridized carbons (Fsp3) is 0.304. The molecule has 4 heterocycles. The van der Waals surface area contributed by atoms with Crippen molar-refractivity contribution in [3.63, 3.8) is 0 Å². The van der Waals surface area contributed by atoms with Gasteiger partial charge >= 0.3 is 12.2 Å². The summed E-state index contributed by atoms with van der Waals surface area (Å²) in [4.78, 5) is 24.4. The summed E-state index contributed by atoms with van der Waals surface area (Å²) in [6, 6.07) is 2.69. The van der Waals surface area contributed by atoms with Crippen LogP contribution in [0.3, 0.4) is 0 Å². The number of nitrogens with one attached hydrogen (secondary N) is 2. The van der Waals surface area contributed by atoms with Crippen molar-refractivity contribution in [1.82, 2.24) is 30.5 Å². The number of urea groups is 1. The quantitative estimate of drug-likeness (QED) is 0.324. The van der Waals surface area contributed by atoms with Crippen molar-refractivity contribution in [2.24, 2.45) is 5.73 Å². The molecule has 0 radical (unpaired) electrons. The molecule has 1 saturated carbocycles. The number of aryl methyl sites for hydroxylation is 1. The standard InChI is InChI=1S/C23H21F3N8O2S/c1-3-29-21(35)31-16-7-14(19-32-17(11(2)37-19)23(24,25)26)15(10-30-16)12-6-13(9-28-8-12)18-33-34-20(36-18)22(27)4-5-22/h6-10H,3-5,27H2,1-2H3,(H2,29,30,31,35). The molecule has 37 heavy (non-hydrogen) atoms. The van der Waals surface area contributed by atoms with Gasteiger partial charge in [-0.05, 0) is 38.8 Å². The van der Waals surface area contributed by atoms with E-state index in [1.165, 1.54) is 31.6 Å². The Morgan fingerprint density at radius 2 is 1.92 bits per heavy atom. The molecule has 0 atom stereocenters. The SMILES string of the molecule is CCNC(=O)Nc1cc(-c2nc(C(F)(F)F)c(C)s2)c(-c2cncc(-c3nnc(C4(N)CC4)o3)c2)cn1. The molecule has 0 unspecified atom stereocenters. The van der Waals surface area contributed by atoms with Crippen molar-refractivity contribution in [2.75, 3.05) is 11.9 Å². The van der Waals surface area contributed by atoms with E-state index in [0.717, 1.165) is 24.2 Å². The number of thiazole rings is 1. The highest BCUT2D eigenvalue weighted by Crippen LogP contribution is 2.43. The fourth-order valence-corrected chi connectivity index (χ4v) is 4.58. The first-order valence-electron chi connectivity index (χ1n) is 11.3. The predicted octanol–water partition coefficient (Wildman–Crippen LogP) is 4.73. The lowest BCUT2D eigenvalue weighted by molar-refractivity contribution is -0.141. The summed E-state index contributed by atoms with van der Waals surface area (Å²) < 4.78 is 46.2. The highest BCUT2D eigenvalue weighted by Gasteiger charge is 2.45. The van der Waals surface area contributed by atoms with Crippen molar-refractivity contribution in [3.05, 3.63) is 47.2 Å². The third kappa shape index (κ3) is 5.02. The number of aromatic nitrogens is 5. The average Bonchev–Trinajstić information content (AvgIpc) is 3.24. The Hall–Kier alpha value is -3.91. The van der Waals surface area contributed by atoms with E-state index in [0.29, 0.717) is 34.7 Å². The summed E-state index contributed by atoms with van der Waals surface area (Å²) >= 11 is 0.892. The third-order valence-electron chi connectivity index (χ3n) is 5.71. The van der Waals surface area contributed by atoms with E-state index in [9.17, 15) is 18.0 Å². The van der Waals surface area contributed by atoms with Crippen molar-refractivity contribution in [3.8, 4) is 33.2 Å². The molecule has 0 aliphatic heterocycles. The molecular formula is C23H21F3N8O2S. The second-order valence-corrected chi connectivity index (χ2v) is 9.76. The molecule has 5 rings (SSSR count). The van der Waals surface area contributed by atoms with Crippen molar-refractivity contribution >= 4 is 23.2 Å². The molecule has 0 bridgehead atoms. The molecule has 0 spiro atoms. The second-order valence-electron chi connectivity index (χ2n) is 8.55. The molecule has 0 aromatic carbocycles. The smallest absolute Gasteiger partial charge is 0.419 e. The normalized spacial score (nSPS) is 14.4. The number of pyridine rings is 2. The Kier molecular flexibility index (Phi) is 6.15. The van der Waals surface area contributed by atoms with Crippen LogP contribution >= 0.6 is 11.3 Å². The minimum absolute atomic E-state index is 0.0181. The van der Waals surface area contributed by atoms with Gasteiger partial charge in [0.15, 0.2) is 5.69 Å². The number of rotatable bonds is 6. The largest absolute Gasteiger partial charge is 0.434 e. The van der Waals surface area contributed by atoms with E-state index in [2.05, 4.69) is 35.8 Å². The number of nitrogens with two attached hydrogens (primary N) is 1. The van der Waals surface area contributed by atoms with Gasteiger partial charge in [-0.1, -0.05) is 0 Å². The Bertz CT molecular complexity index is 1480. The topological polar surface area (TPSA) is 145 Å². The van der Waals surface area contributed by atoms with Gasteiger partial charge < -0.3 is 15.5 Å². The third-order valence-corrected chi connectivity index (χ3v) is 6.72. The van der Waals surface area contributed by atoms with Crippen LogP contribution in [0.25, 0.3) is 33.2 Å². The molecule has 14 heteroatoms. The molecule has 1 fully saturated rings. The van der Waals surface area contributed by atoms with Crippen LogP contribution in [0.1, 0.15) is 36.2 Å². The monoisotopic (exact) mass is 530 g/mol. The van der Waals surface area contributed by atoms with Crippen LogP contribution in [0.4, 0.5) is 23.8 Å². The van der Waals surface area contributed by atoms with Crippen molar-refractivity contribution in [2.45, 2.75) is 38.4 Å². The van der Waals surface area contributed by atoms with Crippen LogP contribution in [0.5, 0.6) is 0 Å². The van der Waals surface area contributed by atoms with Gasteiger partial charge in [-0.3, -0.25) is 10.3 Å². The molecule has 4 aromatic heterocycles. The molecule has 4 N–H and O–H groups in total. The van der Waals surface area contributed by atoms with E-state index in [4.69, 9.17) is 10.2 Å². The van der Waals surface area contributed by atoms with Crippen LogP contribution in [-0.2, 0) is 11.7 Å². The van der Waals surface area contributed by atoms with Crippen LogP contribution < -0.4 is 16.4 Å². The summed E-state index contributed by atoms with van der Waals surface area (Å²) in [5, 5.41) is 13.4. The van der Waals surface area contributed by atoms with Crippen LogP contribution in [-0.4, -0.2) is 37.7 Å². The second kappa shape index (κ2) is 9.19. The zero-order chi connectivity index (χ0) is 26.4. The average molecular weight is 531 g/mol. The zero-order valence-corrected chi connectivity index (χ0v) is 20.5. The number of carbonyl (C=O) groups is 1. The van der Waals surface area contributed by atoms with E-state index < -0.39 is 23.4 Å². The van der Waals surface area contributed by atoms with Crippen LogP contribution in [0, 0.1) is 6.92 Å². The van der Waals surface area contributed by atoms with Gasteiger partial charge in [0.2, 0.25) is 11.8 Å². The van der Waals surface area contributed by atoms with Gasteiger partial charge in [0.25, 0.3) is 0 Å². The van der Waals surface area contributed by atoms with Gasteiger partial charge in [-0.25, -0.2) is 14.8 Å². The predicted molar refractivity (Wildman–Crippen MR) is 129 cm³/mol. The van der Waals surface area contributed by atoms with E-state index >= 15 is 0 Å². The minimum atomic E-state index is -4.60. The number of amides is 2. The van der Waals surface area contributed by atoms with Gasteiger partial charge in [0.1, 0.15) is 10.8 Å². The van der Waals surface area contributed by atoms with Gasteiger partial charge in [0.05, 0.1) is 11.1 Å². The van der Waals surface area contributed by atoms with Crippen molar-refractivity contribution in [1.29, 1.82) is 0 Å². The number of hydrogen-bond acceptors (Lipinski definition) is 9. The number of hydrogen-bond donors (Lipinski definition) is 3. The van der Waals surface area contributed by atoms with Gasteiger partial charge in [-0.15, -0.1) is 21.5 Å². The first-order chi connectivity index (χ1) is 17.6. The first kappa shape index (κ1) is 24.8. The molecular weight excluding hydrogens is 509 g/mol. The Morgan fingerprint density at radius 1 is 1.16 bits per heavy atom. The number of anilines is 1. The Labute approximate surface area is 212 Å². The minimum Gasteiger partial charge on any atom is -0.419 e. The highest BCUT2D eigenvalue weighted by molar-refractivity contribution is 7.15. The maximum absolute atomic E-state index is 13.5. The molecule has 10 nitrogen and oxygen atoms in total. The molecule has 192 valence electrons. The lowest BCUT2D eigenvalue weighted by Gasteiger charge is -2.11. The molecule has 4 aromatic rings. The lowest BCUT2D eigenvalue weighted by atomic mass is 10.0. The number of nitrogens with zero attached hydrogens (tertiary/aromatic N) is 5. The summed E-state index contributed by atoms with van der Waals surface area (Å²) in [6.45, 7) is 3.50. The van der Waals surface area contributed by atoms with E-state index in [-0.39, 0.29) is 21.6 Å².